The van der Waals surface area contributed by atoms with Gasteiger partial charge in [-0.25, -0.2) is 4.68 Å². The van der Waals surface area contributed by atoms with Gasteiger partial charge in [0.2, 0.25) is 0 Å². The highest BCUT2D eigenvalue weighted by Crippen LogP contribution is 2.28. The average Bonchev–Trinajstić information content (AvgIpc) is 2.73. The van der Waals surface area contributed by atoms with E-state index in [2.05, 4.69) is 69.3 Å². The van der Waals surface area contributed by atoms with Crippen molar-refractivity contribution in [2.24, 2.45) is 17.3 Å². The number of nitrogens with one attached hydrogen (secondary N) is 1. The maximum absolute atomic E-state index is 4.18. The minimum absolute atomic E-state index is 0.181. The summed E-state index contributed by atoms with van der Waals surface area (Å²) in [5.41, 5.74) is 0.182. The van der Waals surface area contributed by atoms with Crippen molar-refractivity contribution >= 4 is 0 Å². The van der Waals surface area contributed by atoms with Gasteiger partial charge in [-0.1, -0.05) is 41.5 Å². The molecule has 1 unspecified atom stereocenters. The van der Waals surface area contributed by atoms with Crippen LogP contribution in [0.25, 0.3) is 0 Å². The SMILES string of the molecule is CC(C)CNC(C)c1nnnn1CC(C)(C)C(C)C. The zero-order valence-corrected chi connectivity index (χ0v) is 13.4. The van der Waals surface area contributed by atoms with Gasteiger partial charge < -0.3 is 5.32 Å². The largest absolute Gasteiger partial charge is 0.307 e. The Morgan fingerprint density at radius 2 is 1.79 bits per heavy atom. The fraction of sp³-hybridized carbons (Fsp3) is 0.929. The number of hydrogen-bond donors (Lipinski definition) is 1. The highest BCUT2D eigenvalue weighted by Gasteiger charge is 2.26. The van der Waals surface area contributed by atoms with Crippen LogP contribution < -0.4 is 5.32 Å². The van der Waals surface area contributed by atoms with Gasteiger partial charge in [0, 0.05) is 0 Å². The average molecular weight is 267 g/mol. The molecule has 0 aliphatic rings. The van der Waals surface area contributed by atoms with Crippen LogP contribution in [0, 0.1) is 17.3 Å². The first kappa shape index (κ1) is 16.1. The van der Waals surface area contributed by atoms with Gasteiger partial charge in [0.1, 0.15) is 0 Å². The third-order valence-corrected chi connectivity index (χ3v) is 3.90. The molecule has 1 atom stereocenters. The van der Waals surface area contributed by atoms with Gasteiger partial charge in [-0.2, -0.15) is 0 Å². The molecule has 0 amide bonds. The highest BCUT2D eigenvalue weighted by molar-refractivity contribution is 4.91. The first-order valence-electron chi connectivity index (χ1n) is 7.23. The Kier molecular flexibility index (Phi) is 5.47. The zero-order chi connectivity index (χ0) is 14.6. The van der Waals surface area contributed by atoms with Crippen LogP contribution in [0.15, 0.2) is 0 Å². The first-order chi connectivity index (χ1) is 8.74. The van der Waals surface area contributed by atoms with Crippen LogP contribution in [0.1, 0.15) is 60.3 Å². The number of rotatable bonds is 7. The topological polar surface area (TPSA) is 55.6 Å². The molecule has 1 aromatic rings. The van der Waals surface area contributed by atoms with Crippen molar-refractivity contribution in [1.82, 2.24) is 25.5 Å². The Labute approximate surface area is 117 Å². The van der Waals surface area contributed by atoms with Crippen LogP contribution in [0.4, 0.5) is 0 Å². The molecule has 0 bridgehead atoms. The molecule has 0 spiro atoms. The van der Waals surface area contributed by atoms with E-state index in [1.165, 1.54) is 0 Å². The highest BCUT2D eigenvalue weighted by atomic mass is 15.5. The fourth-order valence-corrected chi connectivity index (χ4v) is 1.71. The minimum atomic E-state index is 0.181. The molecule has 0 saturated carbocycles. The van der Waals surface area contributed by atoms with E-state index in [0.717, 1.165) is 18.9 Å². The van der Waals surface area contributed by atoms with E-state index in [0.29, 0.717) is 11.8 Å². The maximum Gasteiger partial charge on any atom is 0.167 e. The van der Waals surface area contributed by atoms with E-state index in [9.17, 15) is 0 Å². The molecule has 1 rings (SSSR count). The summed E-state index contributed by atoms with van der Waals surface area (Å²) in [5.74, 6) is 2.14. The molecular formula is C14H29N5. The smallest absolute Gasteiger partial charge is 0.167 e. The van der Waals surface area contributed by atoms with Gasteiger partial charge in [-0.15, -0.1) is 5.10 Å². The summed E-state index contributed by atoms with van der Waals surface area (Å²) in [6.45, 7) is 17.3. The lowest BCUT2D eigenvalue weighted by Gasteiger charge is -2.29. The van der Waals surface area contributed by atoms with Crippen molar-refractivity contribution in [2.75, 3.05) is 6.54 Å². The number of tetrazole rings is 1. The quantitative estimate of drug-likeness (QED) is 0.825. The van der Waals surface area contributed by atoms with Gasteiger partial charge in [-0.05, 0) is 41.1 Å². The molecule has 0 fully saturated rings. The molecule has 0 saturated heterocycles. The lowest BCUT2D eigenvalue weighted by atomic mass is 9.81. The summed E-state index contributed by atoms with van der Waals surface area (Å²) in [4.78, 5) is 0. The molecule has 0 radical (unpaired) electrons. The third-order valence-electron chi connectivity index (χ3n) is 3.90. The lowest BCUT2D eigenvalue weighted by molar-refractivity contribution is 0.195. The standard InChI is InChI=1S/C14H29N5/c1-10(2)8-15-12(5)13-16-17-18-19(13)9-14(6,7)11(3)4/h10-12,15H,8-9H2,1-7H3. The molecule has 1 aromatic heterocycles. The van der Waals surface area contributed by atoms with Crippen molar-refractivity contribution in [2.45, 2.75) is 61.1 Å². The number of nitrogens with zero attached hydrogens (tertiary/aromatic N) is 4. The van der Waals surface area contributed by atoms with Crippen LogP contribution in [-0.4, -0.2) is 26.8 Å². The van der Waals surface area contributed by atoms with E-state index in [-0.39, 0.29) is 11.5 Å². The summed E-state index contributed by atoms with van der Waals surface area (Å²) < 4.78 is 1.94. The van der Waals surface area contributed by atoms with Crippen LogP contribution in [-0.2, 0) is 6.54 Å². The Bertz CT molecular complexity index is 381. The number of hydrogen-bond acceptors (Lipinski definition) is 4. The summed E-state index contributed by atoms with van der Waals surface area (Å²) in [5, 5.41) is 15.6. The van der Waals surface area contributed by atoms with E-state index >= 15 is 0 Å². The maximum atomic E-state index is 4.18. The van der Waals surface area contributed by atoms with E-state index in [1.807, 2.05) is 4.68 Å². The van der Waals surface area contributed by atoms with Crippen molar-refractivity contribution in [3.8, 4) is 0 Å². The van der Waals surface area contributed by atoms with Crippen molar-refractivity contribution in [3.05, 3.63) is 5.82 Å². The van der Waals surface area contributed by atoms with Crippen LogP contribution in [0.3, 0.4) is 0 Å². The summed E-state index contributed by atoms with van der Waals surface area (Å²) in [6, 6.07) is 0.181. The predicted octanol–water partition coefficient (Wildman–Crippen LogP) is 2.66. The molecule has 5 heteroatoms. The van der Waals surface area contributed by atoms with E-state index in [1.54, 1.807) is 0 Å². The third kappa shape index (κ3) is 4.56. The van der Waals surface area contributed by atoms with Crippen LogP contribution in [0.5, 0.6) is 0 Å². The van der Waals surface area contributed by atoms with Crippen LogP contribution in [0.2, 0.25) is 0 Å². The molecule has 110 valence electrons. The van der Waals surface area contributed by atoms with Crippen LogP contribution >= 0.6 is 0 Å². The second-order valence-corrected chi connectivity index (χ2v) is 6.86. The zero-order valence-electron chi connectivity index (χ0n) is 13.4. The van der Waals surface area contributed by atoms with Crippen molar-refractivity contribution < 1.29 is 0 Å². The van der Waals surface area contributed by atoms with Gasteiger partial charge in [-0.3, -0.25) is 0 Å². The Balaban J connectivity index is 2.75. The van der Waals surface area contributed by atoms with Crippen molar-refractivity contribution in [3.63, 3.8) is 0 Å². The molecule has 0 aliphatic carbocycles. The Morgan fingerprint density at radius 3 is 2.32 bits per heavy atom. The molecule has 5 nitrogen and oxygen atoms in total. The molecule has 0 aliphatic heterocycles. The van der Waals surface area contributed by atoms with Gasteiger partial charge in [0.25, 0.3) is 0 Å². The summed E-state index contributed by atoms with van der Waals surface area (Å²) >= 11 is 0. The summed E-state index contributed by atoms with van der Waals surface area (Å²) in [6.07, 6.45) is 0. The lowest BCUT2D eigenvalue weighted by Crippen LogP contribution is -2.30. The molecule has 19 heavy (non-hydrogen) atoms. The van der Waals surface area contributed by atoms with E-state index < -0.39 is 0 Å². The van der Waals surface area contributed by atoms with Gasteiger partial charge in [0.05, 0.1) is 12.6 Å². The Morgan fingerprint density at radius 1 is 1.16 bits per heavy atom. The fourth-order valence-electron chi connectivity index (χ4n) is 1.71. The molecule has 0 aromatic carbocycles. The monoisotopic (exact) mass is 267 g/mol. The molecule has 1 heterocycles. The second-order valence-electron chi connectivity index (χ2n) is 6.86. The molecule has 1 N–H and O–H groups in total. The number of aromatic nitrogens is 4. The normalized spacial score (nSPS) is 14.4. The minimum Gasteiger partial charge on any atom is -0.307 e. The predicted molar refractivity (Wildman–Crippen MR) is 77.7 cm³/mol. The van der Waals surface area contributed by atoms with Gasteiger partial charge >= 0.3 is 0 Å². The molecular weight excluding hydrogens is 238 g/mol. The summed E-state index contributed by atoms with van der Waals surface area (Å²) in [7, 11) is 0. The van der Waals surface area contributed by atoms with Gasteiger partial charge in [0.15, 0.2) is 5.82 Å². The van der Waals surface area contributed by atoms with Crippen molar-refractivity contribution in [1.29, 1.82) is 0 Å². The first-order valence-corrected chi connectivity index (χ1v) is 7.23. The second kappa shape index (κ2) is 6.46. The Hall–Kier alpha value is -0.970. The van der Waals surface area contributed by atoms with E-state index in [4.69, 9.17) is 0 Å².